The lowest BCUT2D eigenvalue weighted by molar-refractivity contribution is -0.132. The lowest BCUT2D eigenvalue weighted by Crippen LogP contribution is -2.50. The molecular formula is C25H30O2. The van der Waals surface area contributed by atoms with E-state index in [4.69, 9.17) is 0 Å². The monoisotopic (exact) mass is 362 g/mol. The molecule has 0 spiro atoms. The average molecular weight is 363 g/mol. The molecule has 142 valence electrons. The van der Waals surface area contributed by atoms with Crippen LogP contribution in [-0.4, -0.2) is 11.6 Å². The van der Waals surface area contributed by atoms with Crippen LogP contribution in [0.1, 0.15) is 70.8 Å². The zero-order chi connectivity index (χ0) is 18.8. The standard InChI is InChI=1S/C25H30O2/c1-24-12-10-17(26)14-22(24)18(16-6-4-3-5-7-16)15-19-20-8-9-23(27)25(20,2)13-11-21(19)24/h3-7,19-21H,8-15H2,1-2H3/t19-,20-,21-,24+,25-/m0/s1. The minimum Gasteiger partial charge on any atom is -0.299 e. The van der Waals surface area contributed by atoms with Crippen LogP contribution in [0.5, 0.6) is 0 Å². The third-order valence-electron chi connectivity index (χ3n) is 8.88. The highest BCUT2D eigenvalue weighted by Crippen LogP contribution is 2.65. The Labute approximate surface area is 162 Å². The van der Waals surface area contributed by atoms with Crippen LogP contribution < -0.4 is 0 Å². The quantitative estimate of drug-likeness (QED) is 0.650. The molecule has 2 nitrogen and oxygen atoms in total. The van der Waals surface area contributed by atoms with Gasteiger partial charge in [-0.25, -0.2) is 0 Å². The Balaban J connectivity index is 1.65. The number of carbonyl (C=O) groups is 2. The van der Waals surface area contributed by atoms with Crippen molar-refractivity contribution in [3.05, 3.63) is 41.5 Å². The van der Waals surface area contributed by atoms with Crippen molar-refractivity contribution in [3.63, 3.8) is 0 Å². The Morgan fingerprint density at radius 1 is 0.889 bits per heavy atom. The SMILES string of the molecule is C[C@]12CCC(=O)CC1=C(c1ccccc1)C[C@@H]1[C@@H]2CC[C@]2(C)C(=O)CC[C@@H]12. The second-order valence-corrected chi connectivity index (χ2v) is 9.96. The molecule has 1 aromatic carbocycles. The summed E-state index contributed by atoms with van der Waals surface area (Å²) in [4.78, 5) is 25.1. The van der Waals surface area contributed by atoms with Gasteiger partial charge in [-0.2, -0.15) is 0 Å². The molecule has 5 atom stereocenters. The van der Waals surface area contributed by atoms with Gasteiger partial charge >= 0.3 is 0 Å². The molecule has 0 aliphatic heterocycles. The van der Waals surface area contributed by atoms with Gasteiger partial charge in [-0.1, -0.05) is 49.8 Å². The van der Waals surface area contributed by atoms with E-state index in [2.05, 4.69) is 44.2 Å². The fraction of sp³-hybridized carbons (Fsp3) is 0.600. The van der Waals surface area contributed by atoms with Crippen molar-refractivity contribution in [2.24, 2.45) is 28.6 Å². The van der Waals surface area contributed by atoms with Gasteiger partial charge in [-0.15, -0.1) is 0 Å². The number of ketones is 2. The molecule has 0 bridgehead atoms. The van der Waals surface area contributed by atoms with Gasteiger partial charge in [0.15, 0.2) is 0 Å². The molecule has 27 heavy (non-hydrogen) atoms. The normalized spacial score (nSPS) is 41.2. The largest absolute Gasteiger partial charge is 0.299 e. The van der Waals surface area contributed by atoms with E-state index in [1.165, 1.54) is 16.7 Å². The Kier molecular flexibility index (Phi) is 3.80. The Morgan fingerprint density at radius 2 is 1.63 bits per heavy atom. The molecule has 0 aromatic heterocycles. The molecule has 0 saturated heterocycles. The van der Waals surface area contributed by atoms with E-state index in [0.29, 0.717) is 35.7 Å². The first-order chi connectivity index (χ1) is 12.9. The highest BCUT2D eigenvalue weighted by molar-refractivity contribution is 5.88. The van der Waals surface area contributed by atoms with Gasteiger partial charge in [-0.3, -0.25) is 9.59 Å². The summed E-state index contributed by atoms with van der Waals surface area (Å²) in [5, 5.41) is 0. The molecule has 0 amide bonds. The van der Waals surface area contributed by atoms with E-state index in [0.717, 1.165) is 44.9 Å². The number of carbonyl (C=O) groups excluding carboxylic acids is 2. The van der Waals surface area contributed by atoms with Crippen LogP contribution in [0.3, 0.4) is 0 Å². The van der Waals surface area contributed by atoms with Gasteiger partial charge < -0.3 is 0 Å². The van der Waals surface area contributed by atoms with Crippen LogP contribution in [0.2, 0.25) is 0 Å². The molecule has 4 aliphatic rings. The Hall–Kier alpha value is -1.70. The van der Waals surface area contributed by atoms with Crippen molar-refractivity contribution in [1.29, 1.82) is 0 Å². The predicted octanol–water partition coefficient (Wildman–Crippen LogP) is 5.61. The van der Waals surface area contributed by atoms with E-state index in [-0.39, 0.29) is 10.8 Å². The number of allylic oxidation sites excluding steroid dienone is 2. The zero-order valence-electron chi connectivity index (χ0n) is 16.6. The molecule has 0 unspecified atom stereocenters. The minimum atomic E-state index is -0.0959. The molecule has 0 heterocycles. The van der Waals surface area contributed by atoms with Crippen molar-refractivity contribution in [2.75, 3.05) is 0 Å². The zero-order valence-corrected chi connectivity index (χ0v) is 16.6. The van der Waals surface area contributed by atoms with Crippen LogP contribution >= 0.6 is 0 Å². The Bertz CT molecular complexity index is 835. The van der Waals surface area contributed by atoms with E-state index in [1.54, 1.807) is 0 Å². The minimum absolute atomic E-state index is 0.0959. The van der Waals surface area contributed by atoms with E-state index < -0.39 is 0 Å². The summed E-state index contributed by atoms with van der Waals surface area (Å²) in [6.45, 7) is 4.69. The van der Waals surface area contributed by atoms with Crippen molar-refractivity contribution >= 4 is 17.1 Å². The summed E-state index contributed by atoms with van der Waals surface area (Å²) >= 11 is 0. The van der Waals surface area contributed by atoms with Gasteiger partial charge in [-0.05, 0) is 66.4 Å². The third kappa shape index (κ3) is 2.38. The maximum Gasteiger partial charge on any atom is 0.139 e. The van der Waals surface area contributed by atoms with Crippen molar-refractivity contribution in [1.82, 2.24) is 0 Å². The summed E-state index contributed by atoms with van der Waals surface area (Å²) < 4.78 is 0. The summed E-state index contributed by atoms with van der Waals surface area (Å²) in [6, 6.07) is 10.7. The summed E-state index contributed by atoms with van der Waals surface area (Å²) in [7, 11) is 0. The molecule has 2 heteroatoms. The first-order valence-corrected chi connectivity index (χ1v) is 10.8. The molecule has 3 saturated carbocycles. The molecule has 0 radical (unpaired) electrons. The summed E-state index contributed by atoms with van der Waals surface area (Å²) in [6.07, 6.45) is 7.47. The number of Topliss-reactive ketones (excluding diaryl/α,β-unsaturated/α-hetero) is 2. The number of benzene rings is 1. The second-order valence-electron chi connectivity index (χ2n) is 9.96. The van der Waals surface area contributed by atoms with Crippen molar-refractivity contribution < 1.29 is 9.59 Å². The predicted molar refractivity (Wildman–Crippen MR) is 107 cm³/mol. The fourth-order valence-electron chi connectivity index (χ4n) is 7.32. The highest BCUT2D eigenvalue weighted by Gasteiger charge is 2.59. The van der Waals surface area contributed by atoms with E-state index in [1.807, 2.05) is 0 Å². The number of fused-ring (bicyclic) bond motifs is 5. The third-order valence-corrected chi connectivity index (χ3v) is 8.88. The van der Waals surface area contributed by atoms with E-state index in [9.17, 15) is 9.59 Å². The molecular weight excluding hydrogens is 332 g/mol. The highest BCUT2D eigenvalue weighted by atomic mass is 16.1. The van der Waals surface area contributed by atoms with Crippen LogP contribution in [0.15, 0.2) is 35.9 Å². The average Bonchev–Trinajstić information content (AvgIpc) is 2.98. The number of rotatable bonds is 1. The molecule has 0 N–H and O–H groups in total. The first-order valence-electron chi connectivity index (χ1n) is 10.8. The number of hydrogen-bond donors (Lipinski definition) is 0. The topological polar surface area (TPSA) is 34.1 Å². The van der Waals surface area contributed by atoms with Crippen molar-refractivity contribution in [2.45, 2.75) is 65.2 Å². The Morgan fingerprint density at radius 3 is 2.41 bits per heavy atom. The van der Waals surface area contributed by atoms with Crippen LogP contribution in [-0.2, 0) is 9.59 Å². The lowest BCUT2D eigenvalue weighted by atomic mass is 9.46. The molecule has 5 rings (SSSR count). The lowest BCUT2D eigenvalue weighted by Gasteiger charge is -2.57. The van der Waals surface area contributed by atoms with Crippen LogP contribution in [0.4, 0.5) is 0 Å². The maximum absolute atomic E-state index is 12.7. The molecule has 4 aliphatic carbocycles. The smallest absolute Gasteiger partial charge is 0.139 e. The molecule has 1 aromatic rings. The van der Waals surface area contributed by atoms with Crippen molar-refractivity contribution in [3.8, 4) is 0 Å². The first kappa shape index (κ1) is 17.4. The molecule has 3 fully saturated rings. The summed E-state index contributed by atoms with van der Waals surface area (Å²) in [5.74, 6) is 2.67. The van der Waals surface area contributed by atoms with Gasteiger partial charge in [0.25, 0.3) is 0 Å². The van der Waals surface area contributed by atoms with Crippen LogP contribution in [0, 0.1) is 28.6 Å². The van der Waals surface area contributed by atoms with Gasteiger partial charge in [0, 0.05) is 24.7 Å². The summed E-state index contributed by atoms with van der Waals surface area (Å²) in [5.41, 5.74) is 4.19. The second kappa shape index (κ2) is 5.90. The fourth-order valence-corrected chi connectivity index (χ4v) is 7.32. The van der Waals surface area contributed by atoms with Gasteiger partial charge in [0.1, 0.15) is 11.6 Å². The van der Waals surface area contributed by atoms with Gasteiger partial charge in [0.05, 0.1) is 0 Å². The van der Waals surface area contributed by atoms with Gasteiger partial charge in [0.2, 0.25) is 0 Å². The number of hydrogen-bond acceptors (Lipinski definition) is 2. The van der Waals surface area contributed by atoms with Crippen LogP contribution in [0.25, 0.3) is 5.57 Å². The maximum atomic E-state index is 12.7. The van der Waals surface area contributed by atoms with E-state index >= 15 is 0 Å².